The van der Waals surface area contributed by atoms with Crippen LogP contribution in [0.15, 0.2) is 36.7 Å². The first kappa shape index (κ1) is 19.0. The average molecular weight is 452 g/mol. The summed E-state index contributed by atoms with van der Waals surface area (Å²) in [5.74, 6) is 0.822. The van der Waals surface area contributed by atoms with Gasteiger partial charge in [-0.3, -0.25) is 4.68 Å². The lowest BCUT2D eigenvalue weighted by Crippen LogP contribution is -2.24. The highest BCUT2D eigenvalue weighted by molar-refractivity contribution is 6.31. The van der Waals surface area contributed by atoms with Gasteiger partial charge >= 0.3 is 0 Å². The maximum absolute atomic E-state index is 6.58. The fourth-order valence-electron chi connectivity index (χ4n) is 4.75. The molecule has 1 atom stereocenters. The number of halogens is 2. The predicted octanol–water partition coefficient (Wildman–Crippen LogP) is 4.66. The van der Waals surface area contributed by atoms with Crippen LogP contribution in [0, 0.1) is 0 Å². The summed E-state index contributed by atoms with van der Waals surface area (Å²) in [7, 11) is 2.00. The number of fused-ring (bicyclic) bond motifs is 3. The van der Waals surface area contributed by atoms with Gasteiger partial charge in [-0.25, -0.2) is 9.97 Å². The van der Waals surface area contributed by atoms with Crippen molar-refractivity contribution in [3.8, 4) is 17.0 Å². The van der Waals surface area contributed by atoms with Crippen molar-refractivity contribution < 1.29 is 4.74 Å². The largest absolute Gasteiger partial charge is 0.483 e. The lowest BCUT2D eigenvalue weighted by molar-refractivity contribution is 0.226. The molecule has 0 saturated carbocycles. The van der Waals surface area contributed by atoms with E-state index < -0.39 is 0 Å². The summed E-state index contributed by atoms with van der Waals surface area (Å²) >= 11 is 12.7. The average Bonchev–Trinajstić information content (AvgIpc) is 3.31. The molecular formula is C23H19Cl2N5O. The Morgan fingerprint density at radius 3 is 2.94 bits per heavy atom. The van der Waals surface area contributed by atoms with Gasteiger partial charge in [-0.2, -0.15) is 5.10 Å². The molecule has 4 aromatic rings. The van der Waals surface area contributed by atoms with Crippen LogP contribution in [-0.2, 0) is 26.4 Å². The third-order valence-corrected chi connectivity index (χ3v) is 6.53. The van der Waals surface area contributed by atoms with Crippen molar-refractivity contribution in [1.29, 1.82) is 0 Å². The molecule has 4 heterocycles. The summed E-state index contributed by atoms with van der Waals surface area (Å²) in [6, 6.07) is 9.53. The zero-order valence-corrected chi connectivity index (χ0v) is 18.3. The molecule has 2 aromatic heterocycles. The minimum atomic E-state index is -0.115. The first-order valence-corrected chi connectivity index (χ1v) is 11.0. The van der Waals surface area contributed by atoms with E-state index in [0.717, 1.165) is 70.8 Å². The topological polar surface area (TPSA) is 64.9 Å². The lowest BCUT2D eigenvalue weighted by atomic mass is 9.99. The van der Waals surface area contributed by atoms with Gasteiger partial charge in [0.15, 0.2) is 0 Å². The third kappa shape index (κ3) is 3.09. The van der Waals surface area contributed by atoms with Crippen molar-refractivity contribution in [2.75, 3.05) is 6.54 Å². The number of hydrogen-bond acceptors (Lipinski definition) is 5. The molecule has 2 aromatic carbocycles. The van der Waals surface area contributed by atoms with Gasteiger partial charge in [0, 0.05) is 65.1 Å². The Bertz CT molecular complexity index is 1350. The highest BCUT2D eigenvalue weighted by Crippen LogP contribution is 2.46. The van der Waals surface area contributed by atoms with Crippen LogP contribution in [0.2, 0.25) is 10.0 Å². The fourth-order valence-corrected chi connectivity index (χ4v) is 5.16. The number of benzene rings is 2. The molecule has 2 aliphatic heterocycles. The predicted molar refractivity (Wildman–Crippen MR) is 121 cm³/mol. The van der Waals surface area contributed by atoms with E-state index in [9.17, 15) is 0 Å². The highest BCUT2D eigenvalue weighted by atomic mass is 35.5. The normalized spacial score (nSPS) is 17.5. The van der Waals surface area contributed by atoms with Crippen molar-refractivity contribution in [3.05, 3.63) is 69.2 Å². The summed E-state index contributed by atoms with van der Waals surface area (Å²) in [5.41, 5.74) is 7.05. The van der Waals surface area contributed by atoms with Crippen LogP contribution < -0.4 is 10.1 Å². The first-order valence-electron chi connectivity index (χ1n) is 10.2. The van der Waals surface area contributed by atoms with E-state index >= 15 is 0 Å². The minimum Gasteiger partial charge on any atom is -0.483 e. The van der Waals surface area contributed by atoms with E-state index in [-0.39, 0.29) is 6.10 Å². The monoisotopic (exact) mass is 451 g/mol. The van der Waals surface area contributed by atoms with E-state index in [2.05, 4.69) is 15.3 Å². The number of hydrogen-bond donors (Lipinski definition) is 1. The van der Waals surface area contributed by atoms with Crippen molar-refractivity contribution in [2.24, 2.45) is 7.05 Å². The summed E-state index contributed by atoms with van der Waals surface area (Å²) in [5, 5.41) is 10.4. The van der Waals surface area contributed by atoms with Gasteiger partial charge in [-0.15, -0.1) is 0 Å². The molecule has 6 rings (SSSR count). The van der Waals surface area contributed by atoms with Crippen molar-refractivity contribution in [3.63, 3.8) is 0 Å². The number of nitrogens with zero attached hydrogens (tertiary/aromatic N) is 4. The number of aromatic nitrogens is 4. The summed E-state index contributed by atoms with van der Waals surface area (Å²) in [6.07, 6.45) is 3.12. The number of ether oxygens (including phenoxy) is 1. The molecule has 8 heteroatoms. The highest BCUT2D eigenvalue weighted by Gasteiger charge is 2.34. The fraction of sp³-hybridized carbons (Fsp3) is 0.261. The van der Waals surface area contributed by atoms with Gasteiger partial charge < -0.3 is 10.1 Å². The maximum atomic E-state index is 6.58. The van der Waals surface area contributed by atoms with Crippen molar-refractivity contribution in [2.45, 2.75) is 25.5 Å². The van der Waals surface area contributed by atoms with Crippen molar-refractivity contribution in [1.82, 2.24) is 25.1 Å². The van der Waals surface area contributed by atoms with E-state index in [1.165, 1.54) is 5.56 Å². The summed E-state index contributed by atoms with van der Waals surface area (Å²) in [6.45, 7) is 1.78. The Labute approximate surface area is 189 Å². The van der Waals surface area contributed by atoms with Gasteiger partial charge in [-0.1, -0.05) is 23.2 Å². The van der Waals surface area contributed by atoms with E-state index in [0.29, 0.717) is 10.0 Å². The van der Waals surface area contributed by atoms with Gasteiger partial charge in [0.25, 0.3) is 0 Å². The van der Waals surface area contributed by atoms with Crippen molar-refractivity contribution >= 4 is 34.1 Å². The Hall–Kier alpha value is -2.67. The molecule has 156 valence electrons. The molecule has 0 spiro atoms. The molecule has 0 amide bonds. The molecule has 0 unspecified atom stereocenters. The van der Waals surface area contributed by atoms with Gasteiger partial charge in [0.05, 0.1) is 22.6 Å². The minimum absolute atomic E-state index is 0.115. The summed E-state index contributed by atoms with van der Waals surface area (Å²) < 4.78 is 8.55. The molecular weight excluding hydrogens is 433 g/mol. The third-order valence-electron chi connectivity index (χ3n) is 6.07. The second-order valence-corrected chi connectivity index (χ2v) is 8.87. The van der Waals surface area contributed by atoms with E-state index in [1.54, 1.807) is 6.33 Å². The molecule has 6 nitrogen and oxygen atoms in total. The molecule has 0 radical (unpaired) electrons. The number of nitrogens with one attached hydrogen (secondary N) is 1. The molecule has 1 N–H and O–H groups in total. The van der Waals surface area contributed by atoms with Gasteiger partial charge in [-0.05, 0) is 30.3 Å². The molecule has 0 bridgehead atoms. The van der Waals surface area contributed by atoms with Gasteiger partial charge in [0.2, 0.25) is 0 Å². The smallest absolute Gasteiger partial charge is 0.145 e. The Morgan fingerprint density at radius 1 is 1.13 bits per heavy atom. The quantitative estimate of drug-likeness (QED) is 0.480. The molecule has 31 heavy (non-hydrogen) atoms. The molecule has 2 aliphatic rings. The van der Waals surface area contributed by atoms with Crippen LogP contribution in [-0.4, -0.2) is 26.3 Å². The molecule has 0 aliphatic carbocycles. The van der Waals surface area contributed by atoms with Crippen LogP contribution in [0.5, 0.6) is 5.75 Å². The van der Waals surface area contributed by atoms with Crippen LogP contribution in [0.1, 0.15) is 28.6 Å². The van der Waals surface area contributed by atoms with Crippen LogP contribution in [0.4, 0.5) is 0 Å². The maximum Gasteiger partial charge on any atom is 0.145 e. The number of aryl methyl sites for hydroxylation is 1. The second kappa shape index (κ2) is 7.19. The first-order chi connectivity index (χ1) is 15.1. The second-order valence-electron chi connectivity index (χ2n) is 8.00. The van der Waals surface area contributed by atoms with Crippen LogP contribution in [0.25, 0.3) is 22.2 Å². The summed E-state index contributed by atoms with van der Waals surface area (Å²) in [4.78, 5) is 8.95. The molecule has 0 saturated heterocycles. The molecule has 0 fully saturated rings. The lowest BCUT2D eigenvalue weighted by Gasteiger charge is -2.17. The van der Waals surface area contributed by atoms with Gasteiger partial charge in [0.1, 0.15) is 18.2 Å². The number of rotatable bonds is 2. The standard InChI is InChI=1S/C23H19Cl2N5O/c1-30-22(17-10-26-5-4-18(17)29-30)20-7-12-6-14(25)8-16(23(12)31-20)21-15-3-2-13(24)9-19(15)27-11-28-21/h2-3,6,8-9,11,20,26H,4-5,7,10H2,1H3/t20-/m1/s1. The van der Waals surface area contributed by atoms with Crippen LogP contribution in [0.3, 0.4) is 0 Å². The zero-order valence-electron chi connectivity index (χ0n) is 16.8. The van der Waals surface area contributed by atoms with Crippen LogP contribution >= 0.6 is 23.2 Å². The zero-order chi connectivity index (χ0) is 21.1. The SMILES string of the molecule is Cn1nc2c(c1[C@H]1Cc3cc(Cl)cc(-c4ncnc5cc(Cl)ccc45)c3O1)CNCC2. The Morgan fingerprint density at radius 2 is 2.03 bits per heavy atom. The van der Waals surface area contributed by atoms with E-state index in [4.69, 9.17) is 33.0 Å². The Balaban J connectivity index is 1.48. The van der Waals surface area contributed by atoms with E-state index in [1.807, 2.05) is 42.1 Å². The Kier molecular flexibility index (Phi) is 4.42.